The molecule has 2 amide bonds. The topological polar surface area (TPSA) is 49.9 Å². The number of para-hydroxylation sites is 1. The Kier molecular flexibility index (Phi) is 5.44. The molecule has 21 heavy (non-hydrogen) atoms. The molecule has 1 fully saturated rings. The van der Waals surface area contributed by atoms with Crippen LogP contribution in [0.25, 0.3) is 0 Å². The third-order valence-electron chi connectivity index (χ3n) is 3.54. The van der Waals surface area contributed by atoms with Gasteiger partial charge in [-0.3, -0.25) is 9.59 Å². The Morgan fingerprint density at radius 3 is 2.24 bits per heavy atom. The standard InChI is InChI=1S/C15H19ClN2O3/c1-12-4-2-3-5-13(12)21-11-15(20)18-8-6-17(7-9-18)14(19)10-16/h2-5H,6-11H2,1H3. The number of rotatable bonds is 4. The van der Waals surface area contributed by atoms with E-state index in [-0.39, 0.29) is 24.3 Å². The van der Waals surface area contributed by atoms with Crippen LogP contribution in [-0.2, 0) is 9.59 Å². The molecule has 1 aromatic carbocycles. The molecule has 0 bridgehead atoms. The molecule has 5 nitrogen and oxygen atoms in total. The van der Waals surface area contributed by atoms with Gasteiger partial charge in [0.2, 0.25) is 5.91 Å². The van der Waals surface area contributed by atoms with Gasteiger partial charge in [-0.15, -0.1) is 11.6 Å². The first kappa shape index (κ1) is 15.6. The summed E-state index contributed by atoms with van der Waals surface area (Å²) in [6.07, 6.45) is 0. The van der Waals surface area contributed by atoms with Crippen LogP contribution in [0.4, 0.5) is 0 Å². The summed E-state index contributed by atoms with van der Waals surface area (Å²) in [4.78, 5) is 27.0. The van der Waals surface area contributed by atoms with Crippen molar-refractivity contribution in [2.24, 2.45) is 0 Å². The maximum absolute atomic E-state index is 12.1. The quantitative estimate of drug-likeness (QED) is 0.787. The number of benzene rings is 1. The van der Waals surface area contributed by atoms with Gasteiger partial charge in [0.25, 0.3) is 5.91 Å². The zero-order chi connectivity index (χ0) is 15.2. The predicted molar refractivity (Wildman–Crippen MR) is 80.6 cm³/mol. The molecule has 2 rings (SSSR count). The van der Waals surface area contributed by atoms with Gasteiger partial charge in [-0.05, 0) is 18.6 Å². The van der Waals surface area contributed by atoms with E-state index in [0.29, 0.717) is 26.2 Å². The van der Waals surface area contributed by atoms with Gasteiger partial charge in [0.15, 0.2) is 6.61 Å². The van der Waals surface area contributed by atoms with E-state index in [1.54, 1.807) is 9.80 Å². The van der Waals surface area contributed by atoms with E-state index in [4.69, 9.17) is 16.3 Å². The number of hydrogen-bond acceptors (Lipinski definition) is 3. The minimum absolute atomic E-state index is 0.00958. The van der Waals surface area contributed by atoms with E-state index in [0.717, 1.165) is 11.3 Å². The van der Waals surface area contributed by atoms with E-state index in [1.807, 2.05) is 31.2 Å². The molecule has 0 unspecified atom stereocenters. The Balaban J connectivity index is 1.80. The number of ether oxygens (including phenoxy) is 1. The number of nitrogens with zero attached hydrogens (tertiary/aromatic N) is 2. The molecule has 1 heterocycles. The van der Waals surface area contributed by atoms with Crippen LogP contribution in [0, 0.1) is 6.92 Å². The second-order valence-corrected chi connectivity index (χ2v) is 5.22. The summed E-state index contributed by atoms with van der Waals surface area (Å²) in [6.45, 7) is 4.07. The molecule has 114 valence electrons. The Hall–Kier alpha value is -1.75. The fraction of sp³-hybridized carbons (Fsp3) is 0.467. The largest absolute Gasteiger partial charge is 0.484 e. The van der Waals surface area contributed by atoms with Crippen molar-refractivity contribution in [2.45, 2.75) is 6.92 Å². The highest BCUT2D eigenvalue weighted by atomic mass is 35.5. The lowest BCUT2D eigenvalue weighted by atomic mass is 10.2. The summed E-state index contributed by atoms with van der Waals surface area (Å²) < 4.78 is 5.55. The predicted octanol–water partition coefficient (Wildman–Crippen LogP) is 1.28. The van der Waals surface area contributed by atoms with Crippen molar-refractivity contribution in [3.8, 4) is 5.75 Å². The first-order valence-electron chi connectivity index (χ1n) is 6.91. The molecule has 0 aliphatic carbocycles. The third kappa shape index (κ3) is 4.11. The van der Waals surface area contributed by atoms with Crippen LogP contribution in [-0.4, -0.2) is 60.3 Å². The van der Waals surface area contributed by atoms with Crippen molar-refractivity contribution < 1.29 is 14.3 Å². The molecule has 1 aliphatic heterocycles. The van der Waals surface area contributed by atoms with Crippen molar-refractivity contribution in [1.29, 1.82) is 0 Å². The number of alkyl halides is 1. The monoisotopic (exact) mass is 310 g/mol. The first-order valence-corrected chi connectivity index (χ1v) is 7.45. The van der Waals surface area contributed by atoms with Gasteiger partial charge in [-0.1, -0.05) is 18.2 Å². The molecule has 0 N–H and O–H groups in total. The van der Waals surface area contributed by atoms with Gasteiger partial charge in [0, 0.05) is 26.2 Å². The number of halogens is 1. The number of piperazine rings is 1. The Bertz CT molecular complexity index is 513. The van der Waals surface area contributed by atoms with Crippen molar-refractivity contribution in [3.05, 3.63) is 29.8 Å². The smallest absolute Gasteiger partial charge is 0.260 e. The van der Waals surface area contributed by atoms with Gasteiger partial charge in [-0.2, -0.15) is 0 Å². The lowest BCUT2D eigenvalue weighted by Crippen LogP contribution is -2.51. The zero-order valence-electron chi connectivity index (χ0n) is 12.0. The minimum Gasteiger partial charge on any atom is -0.484 e. The van der Waals surface area contributed by atoms with E-state index < -0.39 is 0 Å². The van der Waals surface area contributed by atoms with E-state index in [1.165, 1.54) is 0 Å². The second-order valence-electron chi connectivity index (χ2n) is 4.95. The fourth-order valence-corrected chi connectivity index (χ4v) is 2.41. The molecule has 0 atom stereocenters. The lowest BCUT2D eigenvalue weighted by Gasteiger charge is -2.34. The highest BCUT2D eigenvalue weighted by molar-refractivity contribution is 6.27. The summed E-state index contributed by atoms with van der Waals surface area (Å²) in [6, 6.07) is 7.59. The van der Waals surface area contributed by atoms with Gasteiger partial charge < -0.3 is 14.5 Å². The molecule has 1 aromatic rings. The summed E-state index contributed by atoms with van der Waals surface area (Å²) >= 11 is 5.52. The van der Waals surface area contributed by atoms with Crippen LogP contribution in [0.1, 0.15) is 5.56 Å². The average Bonchev–Trinajstić information content (AvgIpc) is 2.53. The summed E-state index contributed by atoms with van der Waals surface area (Å²) in [5.74, 6) is 0.572. The normalized spacial score (nSPS) is 15.0. The van der Waals surface area contributed by atoms with Crippen LogP contribution >= 0.6 is 11.6 Å². The number of carbonyl (C=O) groups excluding carboxylic acids is 2. The number of hydrogen-bond donors (Lipinski definition) is 0. The zero-order valence-corrected chi connectivity index (χ0v) is 12.8. The molecule has 0 radical (unpaired) electrons. The summed E-state index contributed by atoms with van der Waals surface area (Å²) in [5, 5.41) is 0. The summed E-state index contributed by atoms with van der Waals surface area (Å²) in [5.41, 5.74) is 1.00. The first-order chi connectivity index (χ1) is 10.1. The van der Waals surface area contributed by atoms with Gasteiger partial charge in [-0.25, -0.2) is 0 Å². The Morgan fingerprint density at radius 1 is 1.10 bits per heavy atom. The second kappa shape index (κ2) is 7.31. The number of amides is 2. The molecule has 0 aromatic heterocycles. The van der Waals surface area contributed by atoms with Crippen LogP contribution in [0.2, 0.25) is 0 Å². The Labute approximate surface area is 129 Å². The van der Waals surface area contributed by atoms with Crippen LogP contribution in [0.5, 0.6) is 5.75 Å². The van der Waals surface area contributed by atoms with Gasteiger partial charge in [0.1, 0.15) is 11.6 Å². The molecule has 0 spiro atoms. The van der Waals surface area contributed by atoms with E-state index >= 15 is 0 Å². The van der Waals surface area contributed by atoms with Crippen LogP contribution < -0.4 is 4.74 Å². The maximum atomic E-state index is 12.1. The third-order valence-corrected chi connectivity index (χ3v) is 3.77. The highest BCUT2D eigenvalue weighted by Crippen LogP contribution is 2.16. The highest BCUT2D eigenvalue weighted by Gasteiger charge is 2.23. The maximum Gasteiger partial charge on any atom is 0.260 e. The number of carbonyl (C=O) groups is 2. The van der Waals surface area contributed by atoms with E-state index in [9.17, 15) is 9.59 Å². The van der Waals surface area contributed by atoms with Gasteiger partial charge >= 0.3 is 0 Å². The van der Waals surface area contributed by atoms with Crippen molar-refractivity contribution in [2.75, 3.05) is 38.7 Å². The van der Waals surface area contributed by atoms with E-state index in [2.05, 4.69) is 0 Å². The molecule has 1 aliphatic rings. The lowest BCUT2D eigenvalue weighted by molar-refractivity contribution is -0.139. The molecule has 6 heteroatoms. The Morgan fingerprint density at radius 2 is 1.67 bits per heavy atom. The summed E-state index contributed by atoms with van der Waals surface area (Å²) in [7, 11) is 0. The average molecular weight is 311 g/mol. The van der Waals surface area contributed by atoms with Crippen molar-refractivity contribution in [3.63, 3.8) is 0 Å². The molecular formula is C15H19ClN2O3. The van der Waals surface area contributed by atoms with Crippen molar-refractivity contribution in [1.82, 2.24) is 9.80 Å². The fourth-order valence-electron chi connectivity index (χ4n) is 2.24. The SMILES string of the molecule is Cc1ccccc1OCC(=O)N1CCN(C(=O)CCl)CC1. The number of aryl methyl sites for hydroxylation is 1. The van der Waals surface area contributed by atoms with Gasteiger partial charge in [0.05, 0.1) is 0 Å². The van der Waals surface area contributed by atoms with Crippen molar-refractivity contribution >= 4 is 23.4 Å². The molecule has 0 saturated carbocycles. The van der Waals surface area contributed by atoms with Crippen LogP contribution in [0.3, 0.4) is 0 Å². The molecule has 1 saturated heterocycles. The van der Waals surface area contributed by atoms with Crippen LogP contribution in [0.15, 0.2) is 24.3 Å². The minimum atomic E-state index is -0.0834. The molecular weight excluding hydrogens is 292 g/mol.